The molecule has 4 nitrogen and oxygen atoms in total. The van der Waals surface area contributed by atoms with Gasteiger partial charge in [0.1, 0.15) is 0 Å². The molecule has 0 aliphatic carbocycles. The van der Waals surface area contributed by atoms with E-state index in [2.05, 4.69) is 5.32 Å². The van der Waals surface area contributed by atoms with E-state index in [0.29, 0.717) is 24.4 Å². The first kappa shape index (κ1) is 14.6. The first-order chi connectivity index (χ1) is 8.43. The van der Waals surface area contributed by atoms with Crippen molar-refractivity contribution in [3.8, 4) is 5.75 Å². The number of nitrogens with two attached hydrogens (primary N) is 1. The fourth-order valence-electron chi connectivity index (χ4n) is 1.80. The third-order valence-corrected chi connectivity index (χ3v) is 2.50. The molecule has 1 aromatic rings. The Morgan fingerprint density at radius 1 is 1.44 bits per heavy atom. The number of halogens is 1. The van der Waals surface area contributed by atoms with Crippen molar-refractivity contribution in [1.29, 1.82) is 0 Å². The number of hydrogen-bond acceptors (Lipinski definition) is 4. The fraction of sp³-hybridized carbons (Fsp3) is 0.538. The quantitative estimate of drug-likeness (QED) is 0.684. The number of rotatable bonds is 6. The molecule has 0 heterocycles. The highest BCUT2D eigenvalue weighted by Crippen LogP contribution is 2.29. The van der Waals surface area contributed by atoms with Gasteiger partial charge in [-0.1, -0.05) is 0 Å². The molecule has 1 aromatic carbocycles. The smallest absolute Gasteiger partial charge is 0.167 e. The number of nitrogen functional groups attached to an aromatic ring is 1. The second kappa shape index (κ2) is 6.44. The second-order valence-electron chi connectivity index (χ2n) is 4.43. The number of aliphatic hydroxyl groups is 1. The van der Waals surface area contributed by atoms with Gasteiger partial charge in [0.25, 0.3) is 0 Å². The van der Waals surface area contributed by atoms with E-state index in [4.69, 9.17) is 10.5 Å². The largest absolute Gasteiger partial charge is 0.491 e. The lowest BCUT2D eigenvalue weighted by molar-refractivity contribution is 0.179. The van der Waals surface area contributed by atoms with Gasteiger partial charge in [-0.2, -0.15) is 0 Å². The molecule has 1 rings (SSSR count). The Hall–Kier alpha value is -1.49. The molecule has 5 heteroatoms. The van der Waals surface area contributed by atoms with Crippen molar-refractivity contribution in [2.24, 2.45) is 0 Å². The highest BCUT2D eigenvalue weighted by Gasteiger charge is 2.12. The minimum atomic E-state index is -0.469. The summed E-state index contributed by atoms with van der Waals surface area (Å²) in [4.78, 5) is 0. The van der Waals surface area contributed by atoms with E-state index < -0.39 is 11.9 Å². The Morgan fingerprint density at radius 2 is 2.11 bits per heavy atom. The van der Waals surface area contributed by atoms with Crippen LogP contribution in [0.25, 0.3) is 0 Å². The van der Waals surface area contributed by atoms with E-state index in [-0.39, 0.29) is 11.8 Å². The lowest BCUT2D eigenvalue weighted by Crippen LogP contribution is -2.21. The van der Waals surface area contributed by atoms with Crippen LogP contribution in [0.4, 0.5) is 15.8 Å². The van der Waals surface area contributed by atoms with E-state index in [9.17, 15) is 9.50 Å². The average molecular weight is 256 g/mol. The van der Waals surface area contributed by atoms with Gasteiger partial charge in [-0.3, -0.25) is 0 Å². The fourth-order valence-corrected chi connectivity index (χ4v) is 1.80. The number of anilines is 2. The van der Waals surface area contributed by atoms with Crippen molar-refractivity contribution in [1.82, 2.24) is 0 Å². The first-order valence-electron chi connectivity index (χ1n) is 6.10. The van der Waals surface area contributed by atoms with Gasteiger partial charge in [0.05, 0.1) is 24.1 Å². The zero-order valence-corrected chi connectivity index (χ0v) is 11.0. The average Bonchev–Trinajstić information content (AvgIpc) is 2.24. The Balaban J connectivity index is 2.84. The maximum absolute atomic E-state index is 13.5. The summed E-state index contributed by atoms with van der Waals surface area (Å²) in [6.07, 6.45) is 0.182. The van der Waals surface area contributed by atoms with E-state index in [0.717, 1.165) is 0 Å². The minimum absolute atomic E-state index is 0.0345. The number of ether oxygens (including phenoxy) is 1. The third-order valence-electron chi connectivity index (χ3n) is 2.50. The van der Waals surface area contributed by atoms with Crippen molar-refractivity contribution in [3.05, 3.63) is 17.9 Å². The van der Waals surface area contributed by atoms with Gasteiger partial charge < -0.3 is 20.9 Å². The third kappa shape index (κ3) is 4.07. The molecule has 2 unspecified atom stereocenters. The monoisotopic (exact) mass is 256 g/mol. The number of nitrogens with one attached hydrogen (secondary N) is 1. The SMILES string of the molecule is CCOc1cc(NC(C)CC(C)O)c(N)cc1F. The van der Waals surface area contributed by atoms with E-state index >= 15 is 0 Å². The van der Waals surface area contributed by atoms with Gasteiger partial charge in [-0.15, -0.1) is 0 Å². The van der Waals surface area contributed by atoms with Crippen LogP contribution in [0, 0.1) is 5.82 Å². The van der Waals surface area contributed by atoms with Crippen LogP contribution in [0.2, 0.25) is 0 Å². The Morgan fingerprint density at radius 3 is 2.67 bits per heavy atom. The summed E-state index contributed by atoms with van der Waals surface area (Å²) in [7, 11) is 0. The topological polar surface area (TPSA) is 67.5 Å². The predicted octanol–water partition coefficient (Wildman–Crippen LogP) is 2.38. The summed E-state index contributed by atoms with van der Waals surface area (Å²) in [6.45, 7) is 5.83. The van der Waals surface area contributed by atoms with Crippen molar-refractivity contribution in [2.45, 2.75) is 39.3 Å². The highest BCUT2D eigenvalue weighted by atomic mass is 19.1. The molecule has 4 N–H and O–H groups in total. The van der Waals surface area contributed by atoms with Gasteiger partial charge in [0.2, 0.25) is 0 Å². The van der Waals surface area contributed by atoms with Gasteiger partial charge >= 0.3 is 0 Å². The lowest BCUT2D eigenvalue weighted by Gasteiger charge is -2.19. The van der Waals surface area contributed by atoms with Gasteiger partial charge in [-0.05, 0) is 27.2 Å². The van der Waals surface area contributed by atoms with Crippen LogP contribution in [0.15, 0.2) is 12.1 Å². The molecule has 0 fully saturated rings. The maximum atomic E-state index is 13.5. The van der Waals surface area contributed by atoms with E-state index in [1.165, 1.54) is 6.07 Å². The van der Waals surface area contributed by atoms with Crippen molar-refractivity contribution >= 4 is 11.4 Å². The van der Waals surface area contributed by atoms with Crippen LogP contribution in [0.1, 0.15) is 27.2 Å². The lowest BCUT2D eigenvalue weighted by atomic mass is 10.1. The summed E-state index contributed by atoms with van der Waals surface area (Å²) in [5, 5.41) is 12.4. The molecule has 0 spiro atoms. The number of hydrogen-bond donors (Lipinski definition) is 3. The van der Waals surface area contributed by atoms with Crippen LogP contribution >= 0.6 is 0 Å². The standard InChI is InChI=1S/C13H21FN2O2/c1-4-18-13-7-12(11(15)6-10(13)14)16-8(2)5-9(3)17/h6-9,16-17H,4-5,15H2,1-3H3. The summed E-state index contributed by atoms with van der Waals surface area (Å²) >= 11 is 0. The molecule has 0 aliphatic rings. The van der Waals surface area contributed by atoms with Crippen molar-refractivity contribution in [3.63, 3.8) is 0 Å². The molecule has 0 radical (unpaired) electrons. The van der Waals surface area contributed by atoms with Gasteiger partial charge in [0, 0.05) is 18.2 Å². The predicted molar refractivity (Wildman–Crippen MR) is 71.4 cm³/mol. The summed E-state index contributed by atoms with van der Waals surface area (Å²) < 4.78 is 18.7. The van der Waals surface area contributed by atoms with E-state index in [1.54, 1.807) is 19.9 Å². The van der Waals surface area contributed by atoms with Crippen molar-refractivity contribution in [2.75, 3.05) is 17.7 Å². The molecule has 0 saturated heterocycles. The van der Waals surface area contributed by atoms with Crippen molar-refractivity contribution < 1.29 is 14.2 Å². The van der Waals surface area contributed by atoms with Crippen LogP contribution < -0.4 is 15.8 Å². The molecule has 0 saturated carbocycles. The molecule has 0 aromatic heterocycles. The zero-order chi connectivity index (χ0) is 13.7. The van der Waals surface area contributed by atoms with Gasteiger partial charge in [0.15, 0.2) is 11.6 Å². The number of benzene rings is 1. The normalized spacial score (nSPS) is 14.1. The number of aliphatic hydroxyl groups excluding tert-OH is 1. The van der Waals surface area contributed by atoms with Gasteiger partial charge in [-0.25, -0.2) is 4.39 Å². The summed E-state index contributed by atoms with van der Waals surface area (Å²) in [6, 6.07) is 2.82. The van der Waals surface area contributed by atoms with Crippen LogP contribution in [0.5, 0.6) is 5.75 Å². The Kier molecular flexibility index (Phi) is 5.22. The zero-order valence-electron chi connectivity index (χ0n) is 11.0. The van der Waals surface area contributed by atoms with Crippen LogP contribution in [-0.2, 0) is 0 Å². The molecule has 0 aliphatic heterocycles. The molecular weight excluding hydrogens is 235 g/mol. The Bertz CT molecular complexity index is 397. The molecule has 0 bridgehead atoms. The van der Waals surface area contributed by atoms with E-state index in [1.807, 2.05) is 6.92 Å². The first-order valence-corrected chi connectivity index (χ1v) is 6.10. The molecular formula is C13H21FN2O2. The second-order valence-corrected chi connectivity index (χ2v) is 4.43. The van der Waals surface area contributed by atoms with Crippen LogP contribution in [-0.4, -0.2) is 23.9 Å². The summed E-state index contributed by atoms with van der Waals surface area (Å²) in [5.74, 6) is -0.290. The Labute approximate surface area is 107 Å². The van der Waals surface area contributed by atoms with Crippen LogP contribution in [0.3, 0.4) is 0 Å². The highest BCUT2D eigenvalue weighted by molar-refractivity contribution is 5.68. The summed E-state index contributed by atoms with van der Waals surface area (Å²) in [5.41, 5.74) is 6.69. The molecule has 18 heavy (non-hydrogen) atoms. The molecule has 2 atom stereocenters. The molecule has 102 valence electrons. The minimum Gasteiger partial charge on any atom is -0.491 e. The maximum Gasteiger partial charge on any atom is 0.167 e. The molecule has 0 amide bonds.